The lowest BCUT2D eigenvalue weighted by Gasteiger charge is -2.05. The highest BCUT2D eigenvalue weighted by molar-refractivity contribution is 9.10. The van der Waals surface area contributed by atoms with Crippen molar-refractivity contribution >= 4 is 72.2 Å². The zero-order valence-electron chi connectivity index (χ0n) is 18.2. The van der Waals surface area contributed by atoms with Crippen LogP contribution < -0.4 is 5.32 Å². The zero-order chi connectivity index (χ0) is 23.5. The fourth-order valence-corrected chi connectivity index (χ4v) is 6.52. The molecule has 0 atom stereocenters. The van der Waals surface area contributed by atoms with Crippen LogP contribution in [0.5, 0.6) is 0 Å². The van der Waals surface area contributed by atoms with Crippen molar-refractivity contribution in [3.8, 4) is 10.6 Å². The van der Waals surface area contributed by atoms with Crippen molar-refractivity contribution in [2.45, 2.75) is 23.4 Å². The minimum absolute atomic E-state index is 0.0713. The van der Waals surface area contributed by atoms with Crippen LogP contribution in [0.2, 0.25) is 0 Å². The van der Waals surface area contributed by atoms with Crippen LogP contribution in [0.3, 0.4) is 0 Å². The minimum atomic E-state index is -0.0713. The van der Waals surface area contributed by atoms with Crippen LogP contribution >= 0.6 is 50.4 Å². The summed E-state index contributed by atoms with van der Waals surface area (Å²) in [6.45, 7) is 2.09. The van der Waals surface area contributed by atoms with Gasteiger partial charge in [-0.3, -0.25) is 4.79 Å². The maximum Gasteiger partial charge on any atom is 0.230 e. The number of carbonyl (C=O) groups is 1. The first-order valence-electron chi connectivity index (χ1n) is 10.6. The van der Waals surface area contributed by atoms with Crippen LogP contribution in [0.25, 0.3) is 20.8 Å². The summed E-state index contributed by atoms with van der Waals surface area (Å²) >= 11 is 8.41. The van der Waals surface area contributed by atoms with Gasteiger partial charge in [-0.05, 0) is 66.6 Å². The number of aryl methyl sites for hydroxylation is 1. The number of rotatable bonds is 7. The maximum absolute atomic E-state index is 12.5. The Hall–Kier alpha value is -2.52. The fraction of sp³-hybridized carbons (Fsp3) is 0.115. The van der Waals surface area contributed by atoms with Gasteiger partial charge in [0.25, 0.3) is 0 Å². The minimum Gasteiger partial charge on any atom is -0.326 e. The van der Waals surface area contributed by atoms with E-state index in [1.807, 2.05) is 41.8 Å². The van der Waals surface area contributed by atoms with E-state index in [0.717, 1.165) is 42.0 Å². The lowest BCUT2D eigenvalue weighted by molar-refractivity contribution is -0.115. The third-order valence-electron chi connectivity index (χ3n) is 5.11. The number of halogens is 1. The second-order valence-electron chi connectivity index (χ2n) is 7.81. The van der Waals surface area contributed by atoms with Crippen molar-refractivity contribution in [1.82, 2.24) is 9.97 Å². The Kier molecular flexibility index (Phi) is 7.10. The number of hydrogen-bond donors (Lipinski definition) is 1. The van der Waals surface area contributed by atoms with Gasteiger partial charge >= 0.3 is 0 Å². The van der Waals surface area contributed by atoms with E-state index >= 15 is 0 Å². The predicted octanol–water partition coefficient (Wildman–Crippen LogP) is 7.96. The van der Waals surface area contributed by atoms with Gasteiger partial charge in [-0.15, -0.1) is 22.7 Å². The van der Waals surface area contributed by atoms with E-state index in [2.05, 4.69) is 63.5 Å². The van der Waals surface area contributed by atoms with Gasteiger partial charge < -0.3 is 5.32 Å². The summed E-state index contributed by atoms with van der Waals surface area (Å²) < 4.78 is 3.23. The average Bonchev–Trinajstić information content (AvgIpc) is 3.45. The summed E-state index contributed by atoms with van der Waals surface area (Å²) in [5.41, 5.74) is 6.10. The Morgan fingerprint density at radius 2 is 1.82 bits per heavy atom. The van der Waals surface area contributed by atoms with Gasteiger partial charge in [0.15, 0.2) is 0 Å². The fourth-order valence-electron chi connectivity index (χ4n) is 3.38. The van der Waals surface area contributed by atoms with Crippen molar-refractivity contribution in [1.29, 1.82) is 0 Å². The van der Waals surface area contributed by atoms with E-state index in [-0.39, 0.29) is 12.3 Å². The highest BCUT2D eigenvalue weighted by Crippen LogP contribution is 2.31. The van der Waals surface area contributed by atoms with E-state index in [9.17, 15) is 4.79 Å². The molecule has 0 saturated carbocycles. The van der Waals surface area contributed by atoms with Crippen LogP contribution in [-0.4, -0.2) is 15.9 Å². The molecule has 2 aromatic heterocycles. The van der Waals surface area contributed by atoms with Crippen molar-refractivity contribution < 1.29 is 4.79 Å². The van der Waals surface area contributed by atoms with Gasteiger partial charge in [0.1, 0.15) is 9.35 Å². The van der Waals surface area contributed by atoms with E-state index in [1.54, 1.807) is 34.4 Å². The van der Waals surface area contributed by atoms with Gasteiger partial charge in [0.2, 0.25) is 5.91 Å². The SMILES string of the molecule is Cc1ccc2nc(-c3ccc(NC(=O)Cc4csc(SCc5ccc(Br)cc5)n4)cc3)sc2c1. The molecule has 0 unspecified atom stereocenters. The van der Waals surface area contributed by atoms with Crippen molar-refractivity contribution in [3.63, 3.8) is 0 Å². The molecule has 0 spiro atoms. The molecule has 5 aromatic rings. The monoisotopic (exact) mass is 565 g/mol. The molecule has 4 nitrogen and oxygen atoms in total. The number of carbonyl (C=O) groups excluding carboxylic acids is 1. The number of thioether (sulfide) groups is 1. The highest BCUT2D eigenvalue weighted by Gasteiger charge is 2.10. The van der Waals surface area contributed by atoms with E-state index in [1.165, 1.54) is 15.8 Å². The molecule has 0 radical (unpaired) electrons. The largest absolute Gasteiger partial charge is 0.326 e. The molecule has 2 heterocycles. The third kappa shape index (κ3) is 5.75. The lowest BCUT2D eigenvalue weighted by Crippen LogP contribution is -2.14. The van der Waals surface area contributed by atoms with Crippen molar-refractivity contribution in [3.05, 3.63) is 93.4 Å². The number of nitrogens with zero attached hydrogens (tertiary/aromatic N) is 2. The molecule has 1 N–H and O–H groups in total. The molecule has 0 fully saturated rings. The Morgan fingerprint density at radius 1 is 1.03 bits per heavy atom. The molecule has 5 rings (SSSR count). The first-order valence-corrected chi connectivity index (χ1v) is 14.1. The van der Waals surface area contributed by atoms with Crippen LogP contribution in [0.1, 0.15) is 16.8 Å². The summed E-state index contributed by atoms with van der Waals surface area (Å²) in [7, 11) is 0. The smallest absolute Gasteiger partial charge is 0.230 e. The number of nitrogens with one attached hydrogen (secondary N) is 1. The van der Waals surface area contributed by atoms with E-state index in [0.29, 0.717) is 0 Å². The third-order valence-corrected chi connectivity index (χ3v) is 8.84. The van der Waals surface area contributed by atoms with Gasteiger partial charge in [-0.25, -0.2) is 9.97 Å². The highest BCUT2D eigenvalue weighted by atomic mass is 79.9. The van der Waals surface area contributed by atoms with Gasteiger partial charge in [-0.1, -0.05) is 45.9 Å². The molecule has 0 bridgehead atoms. The van der Waals surface area contributed by atoms with Gasteiger partial charge in [-0.2, -0.15) is 0 Å². The predicted molar refractivity (Wildman–Crippen MR) is 148 cm³/mol. The molecule has 0 saturated heterocycles. The molecule has 0 aliphatic heterocycles. The Labute approximate surface area is 218 Å². The lowest BCUT2D eigenvalue weighted by atomic mass is 10.2. The standard InChI is InChI=1S/C26H20BrN3OS3/c1-16-2-11-22-23(12-16)34-25(30-22)18-5-9-20(10-6-18)28-24(31)13-21-15-33-26(29-21)32-14-17-3-7-19(27)8-4-17/h2-12,15H,13-14H2,1H3,(H,28,31). The van der Waals surface area contributed by atoms with Gasteiger partial charge in [0.05, 0.1) is 22.3 Å². The van der Waals surface area contributed by atoms with Crippen LogP contribution in [0.15, 0.2) is 80.9 Å². The van der Waals surface area contributed by atoms with Crippen LogP contribution in [0, 0.1) is 6.92 Å². The number of hydrogen-bond acceptors (Lipinski definition) is 6. The molecular formula is C26H20BrN3OS3. The first kappa shape index (κ1) is 23.2. The summed E-state index contributed by atoms with van der Waals surface area (Å²) in [5.74, 6) is 0.783. The second kappa shape index (κ2) is 10.4. The molecule has 0 aliphatic rings. The van der Waals surface area contributed by atoms with Gasteiger partial charge in [0, 0.05) is 26.9 Å². The first-order chi connectivity index (χ1) is 16.5. The molecule has 170 valence electrons. The van der Waals surface area contributed by atoms with Crippen LogP contribution in [0.4, 0.5) is 5.69 Å². The van der Waals surface area contributed by atoms with E-state index in [4.69, 9.17) is 4.98 Å². The summed E-state index contributed by atoms with van der Waals surface area (Å²) in [6.07, 6.45) is 0.258. The quantitative estimate of drug-likeness (QED) is 0.203. The summed E-state index contributed by atoms with van der Waals surface area (Å²) in [5, 5.41) is 5.91. The van der Waals surface area contributed by atoms with Crippen molar-refractivity contribution in [2.24, 2.45) is 0 Å². The van der Waals surface area contributed by atoms with E-state index < -0.39 is 0 Å². The molecule has 0 aliphatic carbocycles. The molecular weight excluding hydrogens is 546 g/mol. The topological polar surface area (TPSA) is 54.9 Å². The molecule has 3 aromatic carbocycles. The molecule has 34 heavy (non-hydrogen) atoms. The number of aromatic nitrogens is 2. The Balaban J connectivity index is 1.16. The Bertz CT molecular complexity index is 1440. The molecule has 1 amide bonds. The van der Waals surface area contributed by atoms with Crippen LogP contribution in [-0.2, 0) is 17.0 Å². The number of thiazole rings is 2. The normalized spacial score (nSPS) is 11.1. The Morgan fingerprint density at radius 3 is 2.62 bits per heavy atom. The number of fused-ring (bicyclic) bond motifs is 1. The maximum atomic E-state index is 12.5. The van der Waals surface area contributed by atoms with Crippen molar-refractivity contribution in [2.75, 3.05) is 5.32 Å². The average molecular weight is 567 g/mol. The number of amides is 1. The number of benzene rings is 3. The molecule has 8 heteroatoms. The summed E-state index contributed by atoms with van der Waals surface area (Å²) in [4.78, 5) is 21.9. The number of anilines is 1. The second-order valence-corrected chi connectivity index (χ2v) is 11.8. The summed E-state index contributed by atoms with van der Waals surface area (Å²) in [6, 6.07) is 22.4. The zero-order valence-corrected chi connectivity index (χ0v) is 22.3.